The minimum absolute atomic E-state index is 0.383. The highest BCUT2D eigenvalue weighted by atomic mass is 35.5. The topological polar surface area (TPSA) is 42.2 Å². The second kappa shape index (κ2) is 6.17. The highest BCUT2D eigenvalue weighted by Crippen LogP contribution is 2.14. The predicted molar refractivity (Wildman–Crippen MR) is 75.1 cm³/mol. The standard InChI is InChI=1S/C14H18ClN3O/c1-10(8-12-4-6-13(15)7-5-12)18(3)9-14-17-16-11(2)19-14/h4-7,10H,8-9H2,1-3H3/t10-/m0/s1. The van der Waals surface area contributed by atoms with E-state index in [0.29, 0.717) is 24.4 Å². The van der Waals surface area contributed by atoms with Crippen LogP contribution in [0.15, 0.2) is 28.7 Å². The fourth-order valence-electron chi connectivity index (χ4n) is 1.89. The molecule has 0 amide bonds. The van der Waals surface area contributed by atoms with E-state index in [4.69, 9.17) is 16.0 Å². The van der Waals surface area contributed by atoms with Gasteiger partial charge in [0, 0.05) is 18.0 Å². The van der Waals surface area contributed by atoms with Crippen molar-refractivity contribution in [2.24, 2.45) is 0 Å². The minimum atomic E-state index is 0.383. The van der Waals surface area contributed by atoms with Crippen LogP contribution >= 0.6 is 11.6 Å². The number of aromatic nitrogens is 2. The summed E-state index contributed by atoms with van der Waals surface area (Å²) in [4.78, 5) is 2.20. The molecule has 0 aliphatic heterocycles. The van der Waals surface area contributed by atoms with Crippen molar-refractivity contribution in [2.75, 3.05) is 7.05 Å². The van der Waals surface area contributed by atoms with Crippen LogP contribution in [0.2, 0.25) is 5.02 Å². The molecule has 0 bridgehead atoms. The first kappa shape index (κ1) is 14.0. The van der Waals surface area contributed by atoms with Gasteiger partial charge in [0.05, 0.1) is 6.54 Å². The van der Waals surface area contributed by atoms with Crippen molar-refractivity contribution in [3.8, 4) is 0 Å². The van der Waals surface area contributed by atoms with E-state index in [1.54, 1.807) is 6.92 Å². The molecule has 0 N–H and O–H groups in total. The molecule has 19 heavy (non-hydrogen) atoms. The smallest absolute Gasteiger partial charge is 0.230 e. The van der Waals surface area contributed by atoms with Crippen LogP contribution in [0.4, 0.5) is 0 Å². The van der Waals surface area contributed by atoms with E-state index in [1.807, 2.05) is 12.1 Å². The number of nitrogens with zero attached hydrogens (tertiary/aromatic N) is 3. The number of halogens is 1. The zero-order chi connectivity index (χ0) is 13.8. The van der Waals surface area contributed by atoms with E-state index in [-0.39, 0.29) is 0 Å². The molecule has 102 valence electrons. The van der Waals surface area contributed by atoms with Gasteiger partial charge in [-0.2, -0.15) is 0 Å². The van der Waals surface area contributed by atoms with E-state index in [0.717, 1.165) is 11.4 Å². The van der Waals surface area contributed by atoms with Gasteiger partial charge in [-0.15, -0.1) is 10.2 Å². The summed E-state index contributed by atoms with van der Waals surface area (Å²) in [5, 5.41) is 8.62. The Hall–Kier alpha value is -1.39. The lowest BCUT2D eigenvalue weighted by Gasteiger charge is -2.23. The molecule has 2 rings (SSSR count). The van der Waals surface area contributed by atoms with Crippen LogP contribution in [-0.4, -0.2) is 28.2 Å². The van der Waals surface area contributed by atoms with Gasteiger partial charge in [0.15, 0.2) is 0 Å². The Morgan fingerprint density at radius 2 is 1.95 bits per heavy atom. The van der Waals surface area contributed by atoms with Crippen LogP contribution in [0.5, 0.6) is 0 Å². The van der Waals surface area contributed by atoms with Gasteiger partial charge in [-0.05, 0) is 38.1 Å². The quantitative estimate of drug-likeness (QED) is 0.843. The summed E-state index contributed by atoms with van der Waals surface area (Å²) < 4.78 is 5.39. The van der Waals surface area contributed by atoms with Crippen molar-refractivity contribution in [3.63, 3.8) is 0 Å². The molecule has 2 aromatic rings. The summed E-state index contributed by atoms with van der Waals surface area (Å²) in [5.74, 6) is 1.26. The van der Waals surface area contributed by atoms with Crippen LogP contribution in [0, 0.1) is 6.92 Å². The molecule has 0 saturated heterocycles. The van der Waals surface area contributed by atoms with Crippen molar-refractivity contribution in [1.29, 1.82) is 0 Å². The summed E-state index contributed by atoms with van der Waals surface area (Å²) in [6.07, 6.45) is 0.959. The summed E-state index contributed by atoms with van der Waals surface area (Å²) in [7, 11) is 2.06. The molecule has 1 heterocycles. The van der Waals surface area contributed by atoms with Crippen molar-refractivity contribution in [1.82, 2.24) is 15.1 Å². The first-order valence-corrected chi connectivity index (χ1v) is 6.66. The van der Waals surface area contributed by atoms with Gasteiger partial charge in [-0.1, -0.05) is 23.7 Å². The molecule has 0 saturated carbocycles. The Morgan fingerprint density at radius 1 is 1.26 bits per heavy atom. The first-order valence-electron chi connectivity index (χ1n) is 6.28. The van der Waals surface area contributed by atoms with Crippen molar-refractivity contribution < 1.29 is 4.42 Å². The summed E-state index contributed by atoms with van der Waals surface area (Å²) in [5.41, 5.74) is 1.27. The molecule has 0 unspecified atom stereocenters. The third-order valence-corrected chi connectivity index (χ3v) is 3.40. The lowest BCUT2D eigenvalue weighted by atomic mass is 10.1. The number of aryl methyl sites for hydroxylation is 1. The van der Waals surface area contributed by atoms with Gasteiger partial charge in [-0.3, -0.25) is 4.90 Å². The maximum Gasteiger partial charge on any atom is 0.230 e. The number of rotatable bonds is 5. The summed E-state index contributed by atoms with van der Waals surface area (Å²) in [6, 6.07) is 8.34. The second-order valence-electron chi connectivity index (χ2n) is 4.81. The molecule has 0 spiro atoms. The van der Waals surface area contributed by atoms with E-state index in [9.17, 15) is 0 Å². The lowest BCUT2D eigenvalue weighted by Crippen LogP contribution is -2.30. The van der Waals surface area contributed by atoms with Crippen LogP contribution in [0.1, 0.15) is 24.3 Å². The Labute approximate surface area is 118 Å². The monoisotopic (exact) mass is 279 g/mol. The van der Waals surface area contributed by atoms with Crippen LogP contribution in [-0.2, 0) is 13.0 Å². The highest BCUT2D eigenvalue weighted by Gasteiger charge is 2.13. The molecule has 5 heteroatoms. The molecule has 0 aliphatic carbocycles. The van der Waals surface area contributed by atoms with Crippen molar-refractivity contribution in [2.45, 2.75) is 32.9 Å². The molecule has 1 aromatic carbocycles. The van der Waals surface area contributed by atoms with Crippen LogP contribution in [0.3, 0.4) is 0 Å². The number of hydrogen-bond acceptors (Lipinski definition) is 4. The molecule has 1 aromatic heterocycles. The first-order chi connectivity index (χ1) is 9.04. The van der Waals surface area contributed by atoms with Gasteiger partial charge in [0.1, 0.15) is 0 Å². The molecule has 1 atom stereocenters. The summed E-state index contributed by atoms with van der Waals surface area (Å²) >= 11 is 5.88. The van der Waals surface area contributed by atoms with Crippen LogP contribution in [0.25, 0.3) is 0 Å². The van der Waals surface area contributed by atoms with E-state index in [2.05, 4.69) is 41.2 Å². The summed E-state index contributed by atoms with van der Waals surface area (Å²) in [6.45, 7) is 4.64. The minimum Gasteiger partial charge on any atom is -0.424 e. The maximum atomic E-state index is 5.88. The second-order valence-corrected chi connectivity index (χ2v) is 5.25. The average molecular weight is 280 g/mol. The predicted octanol–water partition coefficient (Wildman–Crippen LogP) is 3.09. The molecule has 0 radical (unpaired) electrons. The normalized spacial score (nSPS) is 12.9. The van der Waals surface area contributed by atoms with Gasteiger partial charge in [-0.25, -0.2) is 0 Å². The lowest BCUT2D eigenvalue weighted by molar-refractivity contribution is 0.223. The van der Waals surface area contributed by atoms with Crippen molar-refractivity contribution in [3.05, 3.63) is 46.6 Å². The Balaban J connectivity index is 1.91. The maximum absolute atomic E-state index is 5.88. The Bertz CT molecular complexity index is 524. The van der Waals surface area contributed by atoms with E-state index >= 15 is 0 Å². The van der Waals surface area contributed by atoms with Crippen molar-refractivity contribution >= 4 is 11.6 Å². The molecule has 0 fully saturated rings. The van der Waals surface area contributed by atoms with Gasteiger partial charge in [0.2, 0.25) is 11.8 Å². The fraction of sp³-hybridized carbons (Fsp3) is 0.429. The largest absolute Gasteiger partial charge is 0.424 e. The van der Waals surface area contributed by atoms with Gasteiger partial charge in [0.25, 0.3) is 0 Å². The molecular weight excluding hydrogens is 262 g/mol. The molecular formula is C14H18ClN3O. The zero-order valence-corrected chi connectivity index (χ0v) is 12.2. The third kappa shape index (κ3) is 4.04. The van der Waals surface area contributed by atoms with Gasteiger partial charge < -0.3 is 4.42 Å². The highest BCUT2D eigenvalue weighted by molar-refractivity contribution is 6.30. The Kier molecular flexibility index (Phi) is 4.56. The fourth-order valence-corrected chi connectivity index (χ4v) is 2.01. The number of likely N-dealkylation sites (N-methyl/N-ethyl adjacent to an activating group) is 1. The van der Waals surface area contributed by atoms with E-state index in [1.165, 1.54) is 5.56 Å². The SMILES string of the molecule is Cc1nnc(CN(C)[C@@H](C)Cc2ccc(Cl)cc2)o1. The zero-order valence-electron chi connectivity index (χ0n) is 11.4. The number of hydrogen-bond donors (Lipinski definition) is 0. The van der Waals surface area contributed by atoms with Crippen LogP contribution < -0.4 is 0 Å². The molecule has 4 nitrogen and oxygen atoms in total. The molecule has 0 aliphatic rings. The van der Waals surface area contributed by atoms with E-state index < -0.39 is 0 Å². The Morgan fingerprint density at radius 3 is 2.53 bits per heavy atom. The third-order valence-electron chi connectivity index (χ3n) is 3.15. The average Bonchev–Trinajstić information content (AvgIpc) is 2.77. The van der Waals surface area contributed by atoms with Gasteiger partial charge >= 0.3 is 0 Å². The number of benzene rings is 1.